The Kier molecular flexibility index (Phi) is 8.47. The summed E-state index contributed by atoms with van der Waals surface area (Å²) in [6.45, 7) is 6.27. The Morgan fingerprint density at radius 1 is 1.04 bits per heavy atom. The third-order valence-electron chi connectivity index (χ3n) is 6.78. The van der Waals surface area contributed by atoms with Crippen molar-refractivity contribution in [2.45, 2.75) is 51.0 Å². The maximum atomic E-state index is 12.5. The van der Waals surface area contributed by atoms with Crippen molar-refractivity contribution in [2.24, 2.45) is 5.41 Å². The number of nitrogens with zero attached hydrogens (tertiary/aromatic N) is 2. The van der Waals surface area contributed by atoms with E-state index in [1.165, 1.54) is 51.6 Å². The summed E-state index contributed by atoms with van der Waals surface area (Å²) < 4.78 is 5.07. The van der Waals surface area contributed by atoms with Crippen molar-refractivity contribution in [1.82, 2.24) is 15.1 Å². The second-order valence-corrected chi connectivity index (χ2v) is 8.17. The summed E-state index contributed by atoms with van der Waals surface area (Å²) in [5.41, 5.74) is 1.32. The molecule has 2 aliphatic heterocycles. The van der Waals surface area contributed by atoms with E-state index in [4.69, 9.17) is 4.42 Å². The lowest BCUT2D eigenvalue weighted by atomic mass is 9.67. The zero-order valence-electron chi connectivity index (χ0n) is 16.0. The molecule has 1 N–H and O–H groups in total. The molecule has 3 fully saturated rings. The van der Waals surface area contributed by atoms with Crippen molar-refractivity contribution < 1.29 is 9.21 Å². The van der Waals surface area contributed by atoms with E-state index in [0.717, 1.165) is 38.6 Å². The van der Waals surface area contributed by atoms with Crippen LogP contribution in [0.25, 0.3) is 0 Å². The summed E-state index contributed by atoms with van der Waals surface area (Å²) in [6.07, 6.45) is 12.4. The minimum atomic E-state index is 0. The van der Waals surface area contributed by atoms with Gasteiger partial charge in [0.25, 0.3) is 5.91 Å². The first kappa shape index (κ1) is 22.5. The number of piperidine rings is 1. The average Bonchev–Trinajstić information content (AvgIpc) is 3.08. The molecule has 3 heterocycles. The third-order valence-corrected chi connectivity index (χ3v) is 6.78. The van der Waals surface area contributed by atoms with Crippen LogP contribution in [0.2, 0.25) is 0 Å². The van der Waals surface area contributed by atoms with E-state index in [1.54, 1.807) is 18.6 Å². The lowest BCUT2D eigenvalue weighted by molar-refractivity contribution is 0.0643. The van der Waals surface area contributed by atoms with Gasteiger partial charge in [-0.15, -0.1) is 24.8 Å². The lowest BCUT2D eigenvalue weighted by Gasteiger charge is -2.45. The monoisotopic (exact) mass is 417 g/mol. The van der Waals surface area contributed by atoms with Crippen LogP contribution >= 0.6 is 24.8 Å². The molecule has 1 saturated carbocycles. The average molecular weight is 418 g/mol. The fourth-order valence-corrected chi connectivity index (χ4v) is 5.11. The summed E-state index contributed by atoms with van der Waals surface area (Å²) >= 11 is 0. The van der Waals surface area contributed by atoms with Crippen LogP contribution in [0.5, 0.6) is 0 Å². The number of rotatable bonds is 2. The summed E-state index contributed by atoms with van der Waals surface area (Å²) in [4.78, 5) is 17.2. The molecule has 154 valence electrons. The summed E-state index contributed by atoms with van der Waals surface area (Å²) in [6, 6.07) is 2.49. The first-order valence-electron chi connectivity index (χ1n) is 10.0. The highest BCUT2D eigenvalue weighted by atomic mass is 35.5. The molecule has 0 radical (unpaired) electrons. The summed E-state index contributed by atoms with van der Waals surface area (Å²) in [5, 5.41) is 3.51. The van der Waals surface area contributed by atoms with Gasteiger partial charge >= 0.3 is 0 Å². The maximum Gasteiger partial charge on any atom is 0.257 e. The Morgan fingerprint density at radius 3 is 2.44 bits per heavy atom. The predicted octanol–water partition coefficient (Wildman–Crippen LogP) is 3.58. The van der Waals surface area contributed by atoms with Gasteiger partial charge in [-0.05, 0) is 69.5 Å². The number of hydrogen-bond donors (Lipinski definition) is 1. The fourth-order valence-electron chi connectivity index (χ4n) is 5.11. The molecule has 1 spiro atoms. The number of halogens is 2. The smallest absolute Gasteiger partial charge is 0.257 e. The quantitative estimate of drug-likeness (QED) is 0.798. The van der Waals surface area contributed by atoms with Gasteiger partial charge in [0.1, 0.15) is 6.26 Å². The predicted molar refractivity (Wildman–Crippen MR) is 112 cm³/mol. The highest BCUT2D eigenvalue weighted by Crippen LogP contribution is 2.44. The minimum Gasteiger partial charge on any atom is -0.472 e. The van der Waals surface area contributed by atoms with Crippen LogP contribution in [-0.4, -0.2) is 61.0 Å². The van der Waals surface area contributed by atoms with E-state index in [-0.39, 0.29) is 30.7 Å². The standard InChI is InChI=1S/C20H31N3O2.2ClH/c24-19(17-4-15-25-16-17)23-12-1-11-22(13-14-23)18-2-5-20(6-3-18)7-9-21-10-8-20;;/h4,15-16,18,21H,1-3,5-14H2;2*1H. The normalized spacial score (nSPS) is 23.9. The van der Waals surface area contributed by atoms with Crippen molar-refractivity contribution in [1.29, 1.82) is 0 Å². The SMILES string of the molecule is Cl.Cl.O=C(c1ccoc1)N1CCCN(C2CCC3(CCNCC3)CC2)CC1. The number of carbonyl (C=O) groups excluding carboxylic acids is 1. The highest BCUT2D eigenvalue weighted by molar-refractivity contribution is 5.93. The van der Waals surface area contributed by atoms with E-state index in [2.05, 4.69) is 10.2 Å². The Hall–Kier alpha value is -0.750. The lowest BCUT2D eigenvalue weighted by Crippen LogP contribution is -2.45. The van der Waals surface area contributed by atoms with Crippen molar-refractivity contribution in [2.75, 3.05) is 39.3 Å². The summed E-state index contributed by atoms with van der Waals surface area (Å²) in [5.74, 6) is 0.118. The van der Waals surface area contributed by atoms with Crippen LogP contribution in [0.15, 0.2) is 23.0 Å². The first-order chi connectivity index (χ1) is 12.3. The molecule has 0 aromatic carbocycles. The van der Waals surface area contributed by atoms with Gasteiger partial charge in [0, 0.05) is 32.2 Å². The molecule has 1 aromatic rings. The zero-order valence-corrected chi connectivity index (χ0v) is 17.7. The van der Waals surface area contributed by atoms with Crippen molar-refractivity contribution in [3.05, 3.63) is 24.2 Å². The van der Waals surface area contributed by atoms with Crippen molar-refractivity contribution >= 4 is 30.7 Å². The molecule has 2 saturated heterocycles. The summed E-state index contributed by atoms with van der Waals surface area (Å²) in [7, 11) is 0. The third kappa shape index (κ3) is 5.20. The van der Waals surface area contributed by atoms with Gasteiger partial charge in [-0.25, -0.2) is 0 Å². The molecule has 1 aromatic heterocycles. The molecule has 0 bridgehead atoms. The van der Waals surface area contributed by atoms with E-state index in [0.29, 0.717) is 11.0 Å². The van der Waals surface area contributed by atoms with Gasteiger partial charge < -0.3 is 14.6 Å². The Morgan fingerprint density at radius 2 is 1.78 bits per heavy atom. The highest BCUT2D eigenvalue weighted by Gasteiger charge is 2.38. The molecular formula is C20H33Cl2N3O2. The van der Waals surface area contributed by atoms with Gasteiger partial charge in [-0.2, -0.15) is 0 Å². The second kappa shape index (κ2) is 10.1. The molecule has 1 aliphatic carbocycles. The molecule has 3 aliphatic rings. The van der Waals surface area contributed by atoms with Crippen molar-refractivity contribution in [3.63, 3.8) is 0 Å². The Labute approximate surface area is 175 Å². The minimum absolute atomic E-state index is 0. The molecule has 0 unspecified atom stereocenters. The molecular weight excluding hydrogens is 385 g/mol. The molecule has 5 nitrogen and oxygen atoms in total. The number of nitrogens with one attached hydrogen (secondary N) is 1. The molecule has 1 amide bonds. The van der Waals surface area contributed by atoms with Gasteiger partial charge in [-0.1, -0.05) is 0 Å². The van der Waals surface area contributed by atoms with Gasteiger partial charge in [0.05, 0.1) is 11.8 Å². The number of amides is 1. The van der Waals surface area contributed by atoms with Crippen LogP contribution in [-0.2, 0) is 0 Å². The Bertz CT molecular complexity index is 566. The molecule has 0 atom stereocenters. The van der Waals surface area contributed by atoms with Crippen LogP contribution in [0.3, 0.4) is 0 Å². The fraction of sp³-hybridized carbons (Fsp3) is 0.750. The zero-order chi connectivity index (χ0) is 17.1. The largest absolute Gasteiger partial charge is 0.472 e. The number of hydrogen-bond acceptors (Lipinski definition) is 4. The molecule has 7 heteroatoms. The van der Waals surface area contributed by atoms with E-state index < -0.39 is 0 Å². The Balaban J connectivity index is 0.00000131. The maximum absolute atomic E-state index is 12.5. The van der Waals surface area contributed by atoms with Crippen LogP contribution in [0.1, 0.15) is 55.3 Å². The first-order valence-corrected chi connectivity index (χ1v) is 10.0. The van der Waals surface area contributed by atoms with E-state index in [9.17, 15) is 4.79 Å². The topological polar surface area (TPSA) is 48.7 Å². The van der Waals surface area contributed by atoms with Crippen LogP contribution < -0.4 is 5.32 Å². The molecule has 4 rings (SSSR count). The van der Waals surface area contributed by atoms with E-state index in [1.807, 2.05) is 4.90 Å². The van der Waals surface area contributed by atoms with Gasteiger partial charge in [0.2, 0.25) is 0 Å². The van der Waals surface area contributed by atoms with Crippen LogP contribution in [0, 0.1) is 5.41 Å². The molecule has 27 heavy (non-hydrogen) atoms. The number of carbonyl (C=O) groups is 1. The van der Waals surface area contributed by atoms with Gasteiger partial charge in [0.15, 0.2) is 0 Å². The van der Waals surface area contributed by atoms with Gasteiger partial charge in [-0.3, -0.25) is 9.69 Å². The second-order valence-electron chi connectivity index (χ2n) is 8.17. The van der Waals surface area contributed by atoms with Crippen LogP contribution in [0.4, 0.5) is 0 Å². The van der Waals surface area contributed by atoms with Crippen molar-refractivity contribution in [3.8, 4) is 0 Å². The number of furan rings is 1. The van der Waals surface area contributed by atoms with E-state index >= 15 is 0 Å².